The minimum absolute atomic E-state index is 0.0172. The van der Waals surface area contributed by atoms with Gasteiger partial charge in [0, 0.05) is 22.4 Å². The smallest absolute Gasteiger partial charge is 0.347 e. The predicted molar refractivity (Wildman–Crippen MR) is 138 cm³/mol. The van der Waals surface area contributed by atoms with E-state index in [9.17, 15) is 9.59 Å². The van der Waals surface area contributed by atoms with E-state index in [1.165, 1.54) is 13.0 Å². The Bertz CT molecular complexity index is 1540. The number of hydrogen-bond donors (Lipinski definition) is 0. The number of carbonyl (C=O) groups is 1. The first-order chi connectivity index (χ1) is 17.1. The van der Waals surface area contributed by atoms with E-state index in [0.717, 1.165) is 17.1 Å². The van der Waals surface area contributed by atoms with E-state index >= 15 is 0 Å². The minimum Gasteiger partial charge on any atom is -0.422 e. The van der Waals surface area contributed by atoms with E-state index in [4.69, 9.17) is 4.42 Å². The molecule has 5 aromatic rings. The highest BCUT2D eigenvalue weighted by Crippen LogP contribution is 2.35. The number of nitrogens with zero attached hydrogens (tertiary/aromatic N) is 3. The monoisotopic (exact) mass is 459 g/mol. The Morgan fingerprint density at radius 3 is 1.83 bits per heavy atom. The number of para-hydroxylation sites is 2. The van der Waals surface area contributed by atoms with Crippen LogP contribution in [0.1, 0.15) is 17.3 Å². The largest absolute Gasteiger partial charge is 0.422 e. The lowest BCUT2D eigenvalue weighted by atomic mass is 10.1. The zero-order valence-corrected chi connectivity index (χ0v) is 19.0. The van der Waals surface area contributed by atoms with Crippen molar-refractivity contribution in [1.29, 1.82) is 0 Å². The quantitative estimate of drug-likeness (QED) is 0.147. The molecule has 170 valence electrons. The highest BCUT2D eigenvalue weighted by molar-refractivity contribution is 5.96. The molecular formula is C29H21N3O3. The summed E-state index contributed by atoms with van der Waals surface area (Å²) in [7, 11) is 0. The van der Waals surface area contributed by atoms with E-state index in [-0.39, 0.29) is 11.3 Å². The second kappa shape index (κ2) is 9.57. The number of rotatable bonds is 6. The fraction of sp³-hybridized carbons (Fsp3) is 0.0345. The average Bonchev–Trinajstić information content (AvgIpc) is 2.89. The first-order valence-electron chi connectivity index (χ1n) is 11.1. The Morgan fingerprint density at radius 1 is 0.686 bits per heavy atom. The lowest BCUT2D eigenvalue weighted by molar-refractivity contribution is 0.101. The summed E-state index contributed by atoms with van der Waals surface area (Å²) >= 11 is 0. The van der Waals surface area contributed by atoms with Gasteiger partial charge in [0.1, 0.15) is 11.1 Å². The summed E-state index contributed by atoms with van der Waals surface area (Å²) in [5.74, 6) is -0.340. The SMILES string of the molecule is CC(=O)c1cc2cc(N=Nc3ccc(N(c4ccccc4)c4ccccc4)cc3)ccc2oc1=O. The number of Topliss-reactive ketones (excluding diaryl/α,β-unsaturated/α-hetero) is 1. The highest BCUT2D eigenvalue weighted by Gasteiger charge is 2.12. The standard InChI is InChI=1S/C29H21N3O3/c1-20(33)27-19-21-18-23(14-17-28(21)35-29(27)34)31-30-22-12-15-26(16-13-22)32(24-8-4-2-5-9-24)25-10-6-3-7-11-25/h2-19H,1H3. The fourth-order valence-corrected chi connectivity index (χ4v) is 3.80. The third-order valence-corrected chi connectivity index (χ3v) is 5.51. The summed E-state index contributed by atoms with van der Waals surface area (Å²) in [6, 6.07) is 34.8. The van der Waals surface area contributed by atoms with Gasteiger partial charge in [0.25, 0.3) is 0 Å². The highest BCUT2D eigenvalue weighted by atomic mass is 16.4. The van der Waals surface area contributed by atoms with Crippen molar-refractivity contribution in [2.45, 2.75) is 6.92 Å². The molecule has 0 aliphatic carbocycles. The van der Waals surface area contributed by atoms with Crippen LogP contribution in [-0.4, -0.2) is 5.78 Å². The van der Waals surface area contributed by atoms with Crippen LogP contribution in [0.5, 0.6) is 0 Å². The Balaban J connectivity index is 1.43. The van der Waals surface area contributed by atoms with Crippen LogP contribution in [0.2, 0.25) is 0 Å². The van der Waals surface area contributed by atoms with Crippen molar-refractivity contribution in [2.75, 3.05) is 4.90 Å². The zero-order chi connectivity index (χ0) is 24.2. The maximum atomic E-state index is 11.9. The first kappa shape index (κ1) is 22.0. The van der Waals surface area contributed by atoms with Gasteiger partial charge in [-0.3, -0.25) is 4.79 Å². The van der Waals surface area contributed by atoms with Crippen LogP contribution < -0.4 is 10.5 Å². The van der Waals surface area contributed by atoms with Gasteiger partial charge in [-0.2, -0.15) is 10.2 Å². The van der Waals surface area contributed by atoms with Crippen molar-refractivity contribution in [1.82, 2.24) is 0 Å². The van der Waals surface area contributed by atoms with Gasteiger partial charge in [-0.05, 0) is 79.7 Å². The maximum Gasteiger partial charge on any atom is 0.347 e. The van der Waals surface area contributed by atoms with Gasteiger partial charge < -0.3 is 9.32 Å². The number of carbonyl (C=O) groups excluding carboxylic acids is 1. The molecule has 0 N–H and O–H groups in total. The molecule has 0 radical (unpaired) electrons. The summed E-state index contributed by atoms with van der Waals surface area (Å²) in [5, 5.41) is 9.29. The van der Waals surface area contributed by atoms with Crippen LogP contribution >= 0.6 is 0 Å². The molecule has 0 amide bonds. The van der Waals surface area contributed by atoms with Crippen LogP contribution in [-0.2, 0) is 0 Å². The summed E-state index contributed by atoms with van der Waals surface area (Å²) in [6.45, 7) is 1.34. The molecule has 0 atom stereocenters. The fourth-order valence-electron chi connectivity index (χ4n) is 3.80. The van der Waals surface area contributed by atoms with E-state index in [1.54, 1.807) is 18.2 Å². The van der Waals surface area contributed by atoms with E-state index in [0.29, 0.717) is 22.3 Å². The van der Waals surface area contributed by atoms with Crippen molar-refractivity contribution in [2.24, 2.45) is 10.2 Å². The molecule has 0 spiro atoms. The van der Waals surface area contributed by atoms with E-state index in [1.807, 2.05) is 60.7 Å². The predicted octanol–water partition coefficient (Wildman–Crippen LogP) is 7.88. The molecule has 1 heterocycles. The minimum atomic E-state index is -0.639. The molecule has 1 aromatic heterocycles. The molecular weight excluding hydrogens is 438 g/mol. The summed E-state index contributed by atoms with van der Waals surface area (Å²) in [6.07, 6.45) is 0. The summed E-state index contributed by atoms with van der Waals surface area (Å²) in [4.78, 5) is 25.7. The van der Waals surface area contributed by atoms with Crippen LogP contribution in [0, 0.1) is 0 Å². The van der Waals surface area contributed by atoms with Crippen LogP contribution in [0.3, 0.4) is 0 Å². The third kappa shape index (κ3) is 4.77. The first-order valence-corrected chi connectivity index (χ1v) is 11.1. The molecule has 35 heavy (non-hydrogen) atoms. The number of anilines is 3. The molecule has 0 bridgehead atoms. The number of azo groups is 1. The van der Waals surface area contributed by atoms with Crippen molar-refractivity contribution in [3.05, 3.63) is 125 Å². The molecule has 0 aliphatic heterocycles. The van der Waals surface area contributed by atoms with E-state index in [2.05, 4.69) is 39.4 Å². The average molecular weight is 460 g/mol. The number of benzene rings is 4. The summed E-state index contributed by atoms with van der Waals surface area (Å²) in [5.41, 5.74) is 4.16. The Morgan fingerprint density at radius 2 is 1.23 bits per heavy atom. The van der Waals surface area contributed by atoms with Gasteiger partial charge in [0.2, 0.25) is 0 Å². The van der Waals surface area contributed by atoms with Crippen LogP contribution in [0.15, 0.2) is 129 Å². The van der Waals surface area contributed by atoms with Gasteiger partial charge in [-0.15, -0.1) is 0 Å². The summed E-state index contributed by atoms with van der Waals surface area (Å²) < 4.78 is 5.23. The number of fused-ring (bicyclic) bond motifs is 1. The van der Waals surface area contributed by atoms with Gasteiger partial charge in [-0.1, -0.05) is 36.4 Å². The van der Waals surface area contributed by atoms with Crippen molar-refractivity contribution < 1.29 is 9.21 Å². The molecule has 0 fully saturated rings. The Labute approximate surface area is 201 Å². The number of ketones is 1. The lowest BCUT2D eigenvalue weighted by Crippen LogP contribution is -2.10. The Hall–Kier alpha value is -4.84. The van der Waals surface area contributed by atoms with Gasteiger partial charge in [-0.25, -0.2) is 4.79 Å². The van der Waals surface area contributed by atoms with Gasteiger partial charge in [0.15, 0.2) is 5.78 Å². The van der Waals surface area contributed by atoms with Crippen molar-refractivity contribution in [3.63, 3.8) is 0 Å². The van der Waals surface area contributed by atoms with Gasteiger partial charge >= 0.3 is 5.63 Å². The molecule has 6 heteroatoms. The Kier molecular flexibility index (Phi) is 6.01. The second-order valence-electron chi connectivity index (χ2n) is 7.95. The van der Waals surface area contributed by atoms with E-state index < -0.39 is 5.63 Å². The lowest BCUT2D eigenvalue weighted by Gasteiger charge is -2.25. The maximum absolute atomic E-state index is 11.9. The molecule has 0 saturated heterocycles. The molecule has 0 saturated carbocycles. The van der Waals surface area contributed by atoms with Crippen molar-refractivity contribution in [3.8, 4) is 0 Å². The van der Waals surface area contributed by atoms with Crippen LogP contribution in [0.4, 0.5) is 28.4 Å². The van der Waals surface area contributed by atoms with Crippen LogP contribution in [0.25, 0.3) is 11.0 Å². The van der Waals surface area contributed by atoms with Gasteiger partial charge in [0.05, 0.1) is 11.4 Å². The molecule has 5 rings (SSSR count). The molecule has 6 nitrogen and oxygen atoms in total. The molecule has 0 aliphatic rings. The topological polar surface area (TPSA) is 75.2 Å². The molecule has 4 aromatic carbocycles. The normalized spacial score (nSPS) is 11.1. The third-order valence-electron chi connectivity index (χ3n) is 5.51. The zero-order valence-electron chi connectivity index (χ0n) is 19.0. The number of hydrogen-bond acceptors (Lipinski definition) is 6. The second-order valence-corrected chi connectivity index (χ2v) is 7.95. The van der Waals surface area contributed by atoms with Crippen molar-refractivity contribution >= 4 is 45.2 Å². The molecule has 0 unspecified atom stereocenters.